The molecule has 1 amide bonds. The van der Waals surface area contributed by atoms with Crippen LogP contribution in [0.4, 0.5) is 27.6 Å². The molecule has 0 spiro atoms. The maximum absolute atomic E-state index is 14.8. The van der Waals surface area contributed by atoms with E-state index in [0.29, 0.717) is 28.5 Å². The average molecular weight is 576 g/mol. The lowest BCUT2D eigenvalue weighted by atomic mass is 9.97. The van der Waals surface area contributed by atoms with Crippen molar-refractivity contribution in [3.05, 3.63) is 104 Å². The second-order valence-corrected chi connectivity index (χ2v) is 8.99. The summed E-state index contributed by atoms with van der Waals surface area (Å²) in [7, 11) is 1.46. The fourth-order valence-electron chi connectivity index (χ4n) is 4.26. The minimum atomic E-state index is -4.73. The van der Waals surface area contributed by atoms with E-state index in [0.717, 1.165) is 4.57 Å². The number of benzene rings is 3. The minimum absolute atomic E-state index is 0.221. The highest BCUT2D eigenvalue weighted by Crippen LogP contribution is 2.26. The van der Waals surface area contributed by atoms with Gasteiger partial charge >= 0.3 is 17.8 Å². The lowest BCUT2D eigenvalue weighted by Gasteiger charge is -2.18. The summed E-state index contributed by atoms with van der Waals surface area (Å²) in [5.74, 6) is -6.10. The molecule has 1 aromatic heterocycles. The van der Waals surface area contributed by atoms with Gasteiger partial charge in [-0.25, -0.2) is 22.9 Å². The van der Waals surface area contributed by atoms with Crippen molar-refractivity contribution in [1.29, 1.82) is 0 Å². The molecule has 0 radical (unpaired) electrons. The Hall–Kier alpha value is -5.01. The number of carbonyl (C=O) groups is 2. The van der Waals surface area contributed by atoms with Crippen molar-refractivity contribution in [3.8, 4) is 5.69 Å². The van der Waals surface area contributed by atoms with Crippen LogP contribution in [-0.2, 0) is 18.3 Å². The third kappa shape index (κ3) is 6.10. The summed E-state index contributed by atoms with van der Waals surface area (Å²) in [5, 5.41) is 14.4. The topological polar surface area (TPSA) is 122 Å². The van der Waals surface area contributed by atoms with Gasteiger partial charge in [0.15, 0.2) is 5.82 Å². The van der Waals surface area contributed by atoms with Crippen LogP contribution in [-0.4, -0.2) is 44.9 Å². The molecule has 0 aliphatic carbocycles. The Bertz CT molecular complexity index is 1780. The number of alkyl halides is 3. The van der Waals surface area contributed by atoms with Gasteiger partial charge < -0.3 is 20.3 Å². The van der Waals surface area contributed by atoms with Gasteiger partial charge in [0.2, 0.25) is 0 Å². The molecule has 41 heavy (non-hydrogen) atoms. The summed E-state index contributed by atoms with van der Waals surface area (Å²) < 4.78 is 68.9. The lowest BCUT2D eigenvalue weighted by molar-refractivity contribution is -0.139. The molecule has 0 aliphatic rings. The molecule has 14 heteroatoms. The Morgan fingerprint density at radius 2 is 1.66 bits per heavy atom. The van der Waals surface area contributed by atoms with Crippen LogP contribution in [0.3, 0.4) is 0 Å². The van der Waals surface area contributed by atoms with Crippen LogP contribution in [0.25, 0.3) is 16.5 Å². The number of rotatable bonds is 8. The predicted octanol–water partition coefficient (Wildman–Crippen LogP) is 3.37. The number of carboxylic acid groups (broad SMARTS) is 1. The number of carbonyl (C=O) groups excluding carboxylic acids is 1. The average Bonchev–Trinajstić information content (AvgIpc) is 2.90. The monoisotopic (exact) mass is 576 g/mol. The maximum atomic E-state index is 14.8. The summed E-state index contributed by atoms with van der Waals surface area (Å²) in [4.78, 5) is 50.0. The summed E-state index contributed by atoms with van der Waals surface area (Å²) in [6.45, 7) is -1.65. The van der Waals surface area contributed by atoms with E-state index in [2.05, 4.69) is 0 Å². The third-order valence-electron chi connectivity index (χ3n) is 6.21. The Kier molecular flexibility index (Phi) is 7.94. The fraction of sp³-hybridized carbons (Fsp3) is 0.185. The van der Waals surface area contributed by atoms with E-state index in [9.17, 15) is 46.2 Å². The molecule has 4 rings (SSSR count). The predicted molar refractivity (Wildman–Crippen MR) is 138 cm³/mol. The molecule has 0 fully saturated rings. The smallest absolute Gasteiger partial charge is 0.405 e. The zero-order valence-electron chi connectivity index (χ0n) is 21.1. The van der Waals surface area contributed by atoms with Crippen molar-refractivity contribution >= 4 is 28.3 Å². The molecule has 4 aromatic rings. The van der Waals surface area contributed by atoms with E-state index in [1.807, 2.05) is 5.32 Å². The zero-order chi connectivity index (χ0) is 30.1. The van der Waals surface area contributed by atoms with Crippen LogP contribution in [0.5, 0.6) is 0 Å². The van der Waals surface area contributed by atoms with Gasteiger partial charge in [0.1, 0.15) is 24.0 Å². The molecular weight excluding hydrogens is 555 g/mol. The fourth-order valence-corrected chi connectivity index (χ4v) is 4.26. The van der Waals surface area contributed by atoms with Crippen molar-refractivity contribution in [1.82, 2.24) is 14.5 Å². The van der Waals surface area contributed by atoms with E-state index in [4.69, 9.17) is 0 Å². The third-order valence-corrected chi connectivity index (χ3v) is 6.21. The van der Waals surface area contributed by atoms with Crippen molar-refractivity contribution < 1.29 is 36.6 Å². The van der Waals surface area contributed by atoms with Gasteiger partial charge in [0, 0.05) is 31.1 Å². The summed E-state index contributed by atoms with van der Waals surface area (Å²) in [6.07, 6.45) is -3.80. The molecule has 9 nitrogen and oxygen atoms in total. The lowest BCUT2D eigenvalue weighted by Crippen LogP contribution is -2.43. The first-order valence-electron chi connectivity index (χ1n) is 11.9. The van der Waals surface area contributed by atoms with Gasteiger partial charge in [-0.15, -0.1) is 0 Å². The summed E-state index contributed by atoms with van der Waals surface area (Å²) >= 11 is 0. The molecule has 0 saturated carbocycles. The number of amides is 1. The van der Waals surface area contributed by atoms with Gasteiger partial charge in [-0.3, -0.25) is 9.59 Å². The largest absolute Gasteiger partial charge is 0.480 e. The molecule has 0 saturated heterocycles. The van der Waals surface area contributed by atoms with E-state index in [-0.39, 0.29) is 5.69 Å². The molecule has 0 unspecified atom stereocenters. The van der Waals surface area contributed by atoms with Crippen molar-refractivity contribution in [2.45, 2.75) is 18.6 Å². The number of anilines is 1. The van der Waals surface area contributed by atoms with Crippen LogP contribution in [0.15, 0.2) is 70.4 Å². The number of aliphatic carboxylic acids is 1. The first kappa shape index (κ1) is 29.0. The second kappa shape index (κ2) is 11.2. The van der Waals surface area contributed by atoms with E-state index in [1.54, 1.807) is 23.5 Å². The highest BCUT2D eigenvalue weighted by Gasteiger charge is 2.30. The van der Waals surface area contributed by atoms with Crippen molar-refractivity contribution in [2.75, 3.05) is 11.9 Å². The summed E-state index contributed by atoms with van der Waals surface area (Å²) in [5.41, 5.74) is -2.72. The number of nitrogens with zero attached hydrogens (tertiary/aromatic N) is 2. The van der Waals surface area contributed by atoms with Crippen LogP contribution >= 0.6 is 0 Å². The Labute approximate surface area is 227 Å². The number of nitrogens with one attached hydrogen (secondary N) is 2. The van der Waals surface area contributed by atoms with E-state index < -0.39 is 71.2 Å². The molecular formula is C27H21F5N4O5. The number of hydrogen-bond donors (Lipinski definition) is 3. The van der Waals surface area contributed by atoms with E-state index >= 15 is 0 Å². The standard InChI is InChI=1S/C27H21F5N4O5/c1-35-11-10-21(37)36(26(35)41)20-7-3-5-15-14(4-2-6-16(15)20)12-19(25(39)40)34-24(38)22-17(28)8-9-18(23(22)29)33-13-27(30,31)32/h2-11,19,33H,12-13H2,1H3,(H,34,38)(H,39,40)/t19-/m0/s1. The normalized spacial score (nSPS) is 12.2. The molecule has 214 valence electrons. The molecule has 3 aromatic carbocycles. The zero-order valence-corrected chi connectivity index (χ0v) is 21.1. The highest BCUT2D eigenvalue weighted by molar-refractivity contribution is 5.98. The minimum Gasteiger partial charge on any atom is -0.480 e. The first-order valence-corrected chi connectivity index (χ1v) is 11.9. The molecule has 0 bridgehead atoms. The maximum Gasteiger partial charge on any atom is 0.405 e. The van der Waals surface area contributed by atoms with Crippen LogP contribution in [0, 0.1) is 11.6 Å². The number of hydrogen-bond acceptors (Lipinski definition) is 5. The number of halogens is 5. The first-order chi connectivity index (χ1) is 19.3. The van der Waals surface area contributed by atoms with Gasteiger partial charge in [0.05, 0.1) is 11.4 Å². The van der Waals surface area contributed by atoms with Gasteiger partial charge in [0.25, 0.3) is 11.5 Å². The second-order valence-electron chi connectivity index (χ2n) is 8.99. The Morgan fingerprint density at radius 1 is 0.976 bits per heavy atom. The highest BCUT2D eigenvalue weighted by atomic mass is 19.4. The Balaban J connectivity index is 1.68. The van der Waals surface area contributed by atoms with Crippen LogP contribution in [0.2, 0.25) is 0 Å². The molecule has 0 aliphatic heterocycles. The summed E-state index contributed by atoms with van der Waals surface area (Å²) in [6, 6.07) is 10.1. The van der Waals surface area contributed by atoms with Crippen molar-refractivity contribution in [3.63, 3.8) is 0 Å². The van der Waals surface area contributed by atoms with Gasteiger partial charge in [-0.2, -0.15) is 13.2 Å². The van der Waals surface area contributed by atoms with Gasteiger partial charge in [-0.05, 0) is 29.1 Å². The SMILES string of the molecule is Cn1ccc(=O)n(-c2cccc3c(C[C@H](NC(=O)c4c(F)ccc(NCC(F)(F)F)c4F)C(=O)O)cccc23)c1=O. The number of fused-ring (bicyclic) bond motifs is 1. The van der Waals surface area contributed by atoms with Gasteiger partial charge in [-0.1, -0.05) is 30.3 Å². The molecule has 1 heterocycles. The van der Waals surface area contributed by atoms with Crippen LogP contribution < -0.4 is 21.9 Å². The van der Waals surface area contributed by atoms with Crippen molar-refractivity contribution in [2.24, 2.45) is 7.05 Å². The Morgan fingerprint density at radius 3 is 2.34 bits per heavy atom. The number of aromatic nitrogens is 2. The quantitative estimate of drug-likeness (QED) is 0.277. The number of aryl methyl sites for hydroxylation is 1. The number of carboxylic acids is 1. The molecule has 3 N–H and O–H groups in total. The van der Waals surface area contributed by atoms with E-state index in [1.165, 1.54) is 42.1 Å². The van der Waals surface area contributed by atoms with Crippen LogP contribution in [0.1, 0.15) is 15.9 Å². The molecule has 1 atom stereocenters.